The second kappa shape index (κ2) is 4.61. The molecule has 19 heavy (non-hydrogen) atoms. The van der Waals surface area contributed by atoms with Crippen molar-refractivity contribution in [2.45, 2.75) is 5.51 Å². The molecule has 8 heteroatoms. The monoisotopic (exact) mass is 289 g/mol. The van der Waals surface area contributed by atoms with Crippen LogP contribution in [0.3, 0.4) is 0 Å². The normalized spacial score (nSPS) is 15.0. The van der Waals surface area contributed by atoms with Crippen molar-refractivity contribution in [2.24, 2.45) is 0 Å². The Bertz CT molecular complexity index is 595. The Hall–Kier alpha value is -1.96. The van der Waals surface area contributed by atoms with Crippen LogP contribution in [-0.2, 0) is 4.79 Å². The summed E-state index contributed by atoms with van der Waals surface area (Å²) >= 11 is -0.551. The SMILES string of the molecule is O=C1C=C(O)c2cccc(NSC(F)(F)F)c2C1=O. The molecule has 1 aliphatic carbocycles. The van der Waals surface area contributed by atoms with Gasteiger partial charge in [0.15, 0.2) is 0 Å². The number of alkyl halides is 3. The van der Waals surface area contributed by atoms with Crippen molar-refractivity contribution in [2.75, 3.05) is 4.72 Å². The van der Waals surface area contributed by atoms with Crippen LogP contribution < -0.4 is 4.72 Å². The first-order chi connectivity index (χ1) is 8.79. The number of carbonyl (C=O) groups is 2. The minimum atomic E-state index is -4.54. The van der Waals surface area contributed by atoms with E-state index in [1.54, 1.807) is 0 Å². The summed E-state index contributed by atoms with van der Waals surface area (Å²) in [4.78, 5) is 22.9. The van der Waals surface area contributed by atoms with Gasteiger partial charge in [-0.3, -0.25) is 9.59 Å². The molecule has 100 valence electrons. The average Bonchev–Trinajstić information content (AvgIpc) is 2.32. The second-order valence-corrected chi connectivity index (χ2v) is 4.47. The number of allylic oxidation sites excluding steroid dienone is 1. The number of aliphatic hydroxyl groups excluding tert-OH is 1. The van der Waals surface area contributed by atoms with Gasteiger partial charge in [-0.15, -0.1) is 0 Å². The number of carbonyl (C=O) groups excluding carboxylic acids is 2. The number of anilines is 1. The fourth-order valence-electron chi connectivity index (χ4n) is 1.60. The Kier molecular flexibility index (Phi) is 3.27. The molecule has 0 aromatic heterocycles. The van der Waals surface area contributed by atoms with Crippen LogP contribution in [0.15, 0.2) is 24.3 Å². The number of aliphatic hydroxyl groups is 1. The third-order valence-corrected chi connectivity index (χ3v) is 2.89. The molecule has 0 saturated carbocycles. The summed E-state index contributed by atoms with van der Waals surface area (Å²) in [6, 6.07) is 3.93. The van der Waals surface area contributed by atoms with Crippen molar-refractivity contribution < 1.29 is 27.9 Å². The Morgan fingerprint density at radius 3 is 2.53 bits per heavy atom. The van der Waals surface area contributed by atoms with E-state index < -0.39 is 34.8 Å². The summed E-state index contributed by atoms with van der Waals surface area (Å²) in [6.07, 6.45) is 0.741. The first-order valence-corrected chi connectivity index (χ1v) is 5.74. The first-order valence-electron chi connectivity index (χ1n) is 4.93. The van der Waals surface area contributed by atoms with Crippen LogP contribution in [0.5, 0.6) is 0 Å². The van der Waals surface area contributed by atoms with Gasteiger partial charge in [0.2, 0.25) is 11.6 Å². The number of benzene rings is 1. The molecule has 2 N–H and O–H groups in total. The summed E-state index contributed by atoms with van der Waals surface area (Å²) in [6.45, 7) is 0. The molecule has 0 fully saturated rings. The standard InChI is InChI=1S/C11H6F3NO3S/c12-11(13,14)19-15-6-3-1-2-5-7(16)4-8(17)10(18)9(5)6/h1-4,15-16H. The highest BCUT2D eigenvalue weighted by Crippen LogP contribution is 2.35. The van der Waals surface area contributed by atoms with Crippen LogP contribution in [-0.4, -0.2) is 22.2 Å². The maximum Gasteiger partial charge on any atom is 0.461 e. The summed E-state index contributed by atoms with van der Waals surface area (Å²) in [5.74, 6) is -2.38. The summed E-state index contributed by atoms with van der Waals surface area (Å²) in [5, 5.41) is 9.53. The first kappa shape index (κ1) is 13.5. The number of rotatable bonds is 2. The molecular weight excluding hydrogens is 283 g/mol. The third-order valence-electron chi connectivity index (χ3n) is 2.34. The van der Waals surface area contributed by atoms with E-state index in [0.29, 0.717) is 0 Å². The fourth-order valence-corrected chi connectivity index (χ4v) is 1.99. The molecule has 0 bridgehead atoms. The molecule has 0 spiro atoms. The Morgan fingerprint density at radius 2 is 1.89 bits per heavy atom. The highest BCUT2D eigenvalue weighted by molar-refractivity contribution is 8.01. The largest absolute Gasteiger partial charge is 0.507 e. The number of fused-ring (bicyclic) bond motifs is 1. The molecule has 0 amide bonds. The van der Waals surface area contributed by atoms with Crippen molar-refractivity contribution in [3.05, 3.63) is 35.4 Å². The molecule has 1 aromatic carbocycles. The van der Waals surface area contributed by atoms with Gasteiger partial charge >= 0.3 is 5.51 Å². The quantitative estimate of drug-likeness (QED) is 0.647. The van der Waals surface area contributed by atoms with Crippen LogP contribution in [0.25, 0.3) is 5.76 Å². The van der Waals surface area contributed by atoms with E-state index in [4.69, 9.17) is 0 Å². The highest BCUT2D eigenvalue weighted by Gasteiger charge is 2.32. The van der Waals surface area contributed by atoms with Crippen LogP contribution in [0.2, 0.25) is 0 Å². The van der Waals surface area contributed by atoms with E-state index in [1.165, 1.54) is 18.2 Å². The highest BCUT2D eigenvalue weighted by atomic mass is 32.2. The molecule has 0 atom stereocenters. The summed E-state index contributed by atoms with van der Waals surface area (Å²) < 4.78 is 38.3. The van der Waals surface area contributed by atoms with E-state index in [-0.39, 0.29) is 16.8 Å². The maximum absolute atomic E-state index is 12.1. The van der Waals surface area contributed by atoms with Crippen LogP contribution in [0.4, 0.5) is 18.9 Å². The summed E-state index contributed by atoms with van der Waals surface area (Å²) in [5.41, 5.74) is -4.94. The molecular formula is C11H6F3NO3S. The Morgan fingerprint density at radius 1 is 1.21 bits per heavy atom. The van der Waals surface area contributed by atoms with Crippen molar-refractivity contribution in [3.8, 4) is 0 Å². The van der Waals surface area contributed by atoms with E-state index in [1.807, 2.05) is 4.72 Å². The lowest BCUT2D eigenvalue weighted by atomic mass is 9.92. The number of hydrogen-bond donors (Lipinski definition) is 2. The van der Waals surface area contributed by atoms with Gasteiger partial charge in [-0.1, -0.05) is 12.1 Å². The zero-order valence-electron chi connectivity index (χ0n) is 9.12. The van der Waals surface area contributed by atoms with E-state index >= 15 is 0 Å². The fraction of sp³-hybridized carbons (Fsp3) is 0.0909. The average molecular weight is 289 g/mol. The molecule has 1 aromatic rings. The van der Waals surface area contributed by atoms with Crippen molar-refractivity contribution >= 4 is 35.0 Å². The number of Topliss-reactive ketones (excluding diaryl/α,β-unsaturated/α-hetero) is 1. The molecule has 0 heterocycles. The van der Waals surface area contributed by atoms with Crippen molar-refractivity contribution in [1.29, 1.82) is 0 Å². The lowest BCUT2D eigenvalue weighted by Gasteiger charge is -2.17. The topological polar surface area (TPSA) is 66.4 Å². The lowest BCUT2D eigenvalue weighted by molar-refractivity contribution is -0.111. The molecule has 0 radical (unpaired) electrons. The van der Waals surface area contributed by atoms with Crippen LogP contribution in [0, 0.1) is 0 Å². The van der Waals surface area contributed by atoms with Gasteiger partial charge in [0.1, 0.15) is 5.76 Å². The smallest absolute Gasteiger partial charge is 0.461 e. The Balaban J connectivity index is 2.43. The van der Waals surface area contributed by atoms with Gasteiger partial charge < -0.3 is 9.83 Å². The molecule has 0 aliphatic heterocycles. The van der Waals surface area contributed by atoms with Crippen LogP contribution >= 0.6 is 11.9 Å². The second-order valence-electron chi connectivity index (χ2n) is 3.60. The molecule has 0 unspecified atom stereocenters. The molecule has 1 aliphatic rings. The predicted octanol–water partition coefficient (Wildman–Crippen LogP) is 2.93. The summed E-state index contributed by atoms with van der Waals surface area (Å²) in [7, 11) is 0. The third kappa shape index (κ3) is 2.73. The lowest BCUT2D eigenvalue weighted by Crippen LogP contribution is -2.20. The van der Waals surface area contributed by atoms with E-state index in [0.717, 1.165) is 6.08 Å². The minimum Gasteiger partial charge on any atom is -0.507 e. The number of halogens is 3. The van der Waals surface area contributed by atoms with Gasteiger partial charge in [-0.2, -0.15) is 13.2 Å². The minimum absolute atomic E-state index is 0.0253. The zero-order chi connectivity index (χ0) is 14.2. The molecule has 4 nitrogen and oxygen atoms in total. The van der Waals surface area contributed by atoms with Gasteiger partial charge in [0.25, 0.3) is 0 Å². The maximum atomic E-state index is 12.1. The Labute approximate surface area is 109 Å². The zero-order valence-corrected chi connectivity index (χ0v) is 9.93. The number of hydrogen-bond acceptors (Lipinski definition) is 5. The van der Waals surface area contributed by atoms with Crippen molar-refractivity contribution in [3.63, 3.8) is 0 Å². The van der Waals surface area contributed by atoms with Crippen molar-refractivity contribution in [1.82, 2.24) is 0 Å². The van der Waals surface area contributed by atoms with E-state index in [9.17, 15) is 27.9 Å². The number of ketones is 2. The van der Waals surface area contributed by atoms with Gasteiger partial charge in [0.05, 0.1) is 23.2 Å². The predicted molar refractivity (Wildman–Crippen MR) is 63.7 cm³/mol. The van der Waals surface area contributed by atoms with E-state index in [2.05, 4.69) is 0 Å². The van der Waals surface area contributed by atoms with Crippen LogP contribution in [0.1, 0.15) is 15.9 Å². The molecule has 2 rings (SSSR count). The molecule has 0 saturated heterocycles. The number of nitrogens with one attached hydrogen (secondary N) is 1. The van der Waals surface area contributed by atoms with Gasteiger partial charge in [-0.05, 0) is 6.07 Å². The van der Waals surface area contributed by atoms with Gasteiger partial charge in [-0.25, -0.2) is 0 Å². The van der Waals surface area contributed by atoms with Gasteiger partial charge in [0, 0.05) is 11.6 Å².